The molecule has 0 bridgehead atoms. The molecule has 1 rings (SSSR count). The maximum atomic E-state index is 10.1. The van der Waals surface area contributed by atoms with E-state index in [0.29, 0.717) is 0 Å². The third-order valence-electron chi connectivity index (χ3n) is 1.57. The standard InChI is InChI=1S/C11H12O3/c1-13-9-14-11-6-2-4-10(8-11)5-3-7-12/h2-8H,9H2,1H3. The number of benzene rings is 1. The molecule has 3 heteroatoms. The molecule has 0 saturated heterocycles. The zero-order valence-electron chi connectivity index (χ0n) is 7.97. The fourth-order valence-corrected chi connectivity index (χ4v) is 0.985. The largest absolute Gasteiger partial charge is 0.468 e. The van der Waals surface area contributed by atoms with Crippen LogP contribution in [0.2, 0.25) is 0 Å². The predicted octanol–water partition coefficient (Wildman–Crippen LogP) is 1.88. The predicted molar refractivity (Wildman–Crippen MR) is 54.0 cm³/mol. The lowest BCUT2D eigenvalue weighted by atomic mass is 10.2. The molecule has 3 nitrogen and oxygen atoms in total. The summed E-state index contributed by atoms with van der Waals surface area (Å²) in [5.41, 5.74) is 0.922. The third-order valence-corrected chi connectivity index (χ3v) is 1.57. The molecule has 0 radical (unpaired) electrons. The van der Waals surface area contributed by atoms with Gasteiger partial charge in [-0.05, 0) is 23.8 Å². The van der Waals surface area contributed by atoms with Crippen molar-refractivity contribution in [2.24, 2.45) is 0 Å². The minimum Gasteiger partial charge on any atom is -0.468 e. The van der Waals surface area contributed by atoms with E-state index in [-0.39, 0.29) is 6.79 Å². The van der Waals surface area contributed by atoms with Gasteiger partial charge in [0, 0.05) is 7.11 Å². The maximum Gasteiger partial charge on any atom is 0.188 e. The van der Waals surface area contributed by atoms with E-state index < -0.39 is 0 Å². The van der Waals surface area contributed by atoms with Crippen molar-refractivity contribution in [2.45, 2.75) is 0 Å². The molecule has 0 unspecified atom stereocenters. The molecular weight excluding hydrogens is 180 g/mol. The number of methoxy groups -OCH3 is 1. The normalized spacial score (nSPS) is 10.4. The van der Waals surface area contributed by atoms with Crippen LogP contribution in [0.1, 0.15) is 5.56 Å². The number of allylic oxidation sites excluding steroid dienone is 1. The molecule has 0 amide bonds. The molecular formula is C11H12O3. The minimum atomic E-state index is 0.223. The van der Waals surface area contributed by atoms with E-state index in [1.807, 2.05) is 24.3 Å². The van der Waals surface area contributed by atoms with Crippen molar-refractivity contribution in [2.75, 3.05) is 13.9 Å². The highest BCUT2D eigenvalue weighted by Gasteiger charge is 1.93. The second-order valence-corrected chi connectivity index (χ2v) is 2.62. The minimum absolute atomic E-state index is 0.223. The lowest BCUT2D eigenvalue weighted by Gasteiger charge is -2.04. The number of aldehydes is 1. The quantitative estimate of drug-likeness (QED) is 0.406. The van der Waals surface area contributed by atoms with Crippen molar-refractivity contribution in [3.8, 4) is 5.75 Å². The summed E-state index contributed by atoms with van der Waals surface area (Å²) in [7, 11) is 1.57. The molecule has 0 aliphatic carbocycles. The number of rotatable bonds is 5. The Hall–Kier alpha value is -1.61. The Morgan fingerprint density at radius 1 is 1.43 bits per heavy atom. The molecule has 0 aliphatic rings. The van der Waals surface area contributed by atoms with Crippen LogP contribution in [-0.2, 0) is 9.53 Å². The number of carbonyl (C=O) groups is 1. The van der Waals surface area contributed by atoms with Crippen molar-refractivity contribution in [1.29, 1.82) is 0 Å². The molecule has 0 N–H and O–H groups in total. The highest BCUT2D eigenvalue weighted by atomic mass is 16.7. The van der Waals surface area contributed by atoms with Gasteiger partial charge in [0.15, 0.2) is 6.79 Å². The van der Waals surface area contributed by atoms with Gasteiger partial charge in [-0.3, -0.25) is 4.79 Å². The average Bonchev–Trinajstić information content (AvgIpc) is 2.24. The van der Waals surface area contributed by atoms with Crippen LogP contribution in [0, 0.1) is 0 Å². The van der Waals surface area contributed by atoms with E-state index >= 15 is 0 Å². The monoisotopic (exact) mass is 192 g/mol. The van der Waals surface area contributed by atoms with E-state index in [9.17, 15) is 4.79 Å². The van der Waals surface area contributed by atoms with Crippen LogP contribution in [0.5, 0.6) is 5.75 Å². The molecule has 0 aromatic heterocycles. The number of carbonyl (C=O) groups excluding carboxylic acids is 1. The van der Waals surface area contributed by atoms with Gasteiger partial charge >= 0.3 is 0 Å². The summed E-state index contributed by atoms with van der Waals surface area (Å²) >= 11 is 0. The van der Waals surface area contributed by atoms with Gasteiger partial charge in [0.1, 0.15) is 12.0 Å². The Morgan fingerprint density at radius 2 is 2.29 bits per heavy atom. The van der Waals surface area contributed by atoms with Gasteiger partial charge in [0.25, 0.3) is 0 Å². The Bertz CT molecular complexity index is 318. The van der Waals surface area contributed by atoms with Crippen LogP contribution in [0.3, 0.4) is 0 Å². The molecule has 0 heterocycles. The molecule has 0 fully saturated rings. The second-order valence-electron chi connectivity index (χ2n) is 2.62. The van der Waals surface area contributed by atoms with E-state index in [2.05, 4.69) is 0 Å². The van der Waals surface area contributed by atoms with Crippen LogP contribution in [0.4, 0.5) is 0 Å². The summed E-state index contributed by atoms with van der Waals surface area (Å²) in [6, 6.07) is 7.41. The van der Waals surface area contributed by atoms with Gasteiger partial charge in [0.2, 0.25) is 0 Å². The summed E-state index contributed by atoms with van der Waals surface area (Å²) in [4.78, 5) is 10.1. The lowest BCUT2D eigenvalue weighted by molar-refractivity contribution is -0.104. The second kappa shape index (κ2) is 5.94. The van der Waals surface area contributed by atoms with Crippen LogP contribution in [0.25, 0.3) is 6.08 Å². The third kappa shape index (κ3) is 3.41. The van der Waals surface area contributed by atoms with Crippen LogP contribution in [0.15, 0.2) is 30.3 Å². The van der Waals surface area contributed by atoms with Crippen LogP contribution in [-0.4, -0.2) is 20.2 Å². The maximum absolute atomic E-state index is 10.1. The van der Waals surface area contributed by atoms with Crippen LogP contribution < -0.4 is 4.74 Å². The molecule has 1 aromatic carbocycles. The summed E-state index contributed by atoms with van der Waals surface area (Å²) in [6.45, 7) is 0.223. The van der Waals surface area contributed by atoms with E-state index in [0.717, 1.165) is 17.6 Å². The first-order chi connectivity index (χ1) is 6.86. The summed E-state index contributed by atoms with van der Waals surface area (Å²) in [6.07, 6.45) is 3.89. The zero-order valence-corrected chi connectivity index (χ0v) is 7.97. The van der Waals surface area contributed by atoms with Gasteiger partial charge in [0.05, 0.1) is 0 Å². The number of hydrogen-bond donors (Lipinski definition) is 0. The summed E-state index contributed by atoms with van der Waals surface area (Å²) < 4.78 is 10.0. The molecule has 14 heavy (non-hydrogen) atoms. The van der Waals surface area contributed by atoms with Gasteiger partial charge in [-0.25, -0.2) is 0 Å². The van der Waals surface area contributed by atoms with E-state index in [4.69, 9.17) is 9.47 Å². The fourth-order valence-electron chi connectivity index (χ4n) is 0.985. The van der Waals surface area contributed by atoms with Gasteiger partial charge in [-0.1, -0.05) is 18.2 Å². The zero-order chi connectivity index (χ0) is 10.2. The van der Waals surface area contributed by atoms with Gasteiger partial charge in [-0.15, -0.1) is 0 Å². The van der Waals surface area contributed by atoms with Gasteiger partial charge < -0.3 is 9.47 Å². The molecule has 1 aromatic rings. The molecule has 0 atom stereocenters. The van der Waals surface area contributed by atoms with Crippen LogP contribution >= 0.6 is 0 Å². The van der Waals surface area contributed by atoms with Crippen molar-refractivity contribution < 1.29 is 14.3 Å². The summed E-state index contributed by atoms with van der Waals surface area (Å²) in [5, 5.41) is 0. The summed E-state index contributed by atoms with van der Waals surface area (Å²) in [5.74, 6) is 0.722. The van der Waals surface area contributed by atoms with E-state index in [1.54, 1.807) is 13.2 Å². The van der Waals surface area contributed by atoms with Crippen molar-refractivity contribution in [3.05, 3.63) is 35.9 Å². The first-order valence-electron chi connectivity index (χ1n) is 4.20. The van der Waals surface area contributed by atoms with Crippen molar-refractivity contribution in [3.63, 3.8) is 0 Å². The average molecular weight is 192 g/mol. The van der Waals surface area contributed by atoms with Gasteiger partial charge in [-0.2, -0.15) is 0 Å². The lowest BCUT2D eigenvalue weighted by Crippen LogP contribution is -1.98. The molecule has 74 valence electrons. The first kappa shape index (κ1) is 10.5. The number of hydrogen-bond acceptors (Lipinski definition) is 3. The Morgan fingerprint density at radius 3 is 3.00 bits per heavy atom. The molecule has 0 spiro atoms. The number of ether oxygens (including phenoxy) is 2. The smallest absolute Gasteiger partial charge is 0.188 e. The Labute approximate surface area is 83.0 Å². The van der Waals surface area contributed by atoms with E-state index in [1.165, 1.54) is 6.08 Å². The Kier molecular flexibility index (Phi) is 4.44. The highest BCUT2D eigenvalue weighted by molar-refractivity contribution is 5.74. The highest BCUT2D eigenvalue weighted by Crippen LogP contribution is 2.14. The van der Waals surface area contributed by atoms with Crippen molar-refractivity contribution in [1.82, 2.24) is 0 Å². The first-order valence-corrected chi connectivity index (χ1v) is 4.20. The SMILES string of the molecule is COCOc1cccc(C=CC=O)c1. The molecule has 0 aliphatic heterocycles. The topological polar surface area (TPSA) is 35.5 Å². The fraction of sp³-hybridized carbons (Fsp3) is 0.182. The molecule has 0 saturated carbocycles. The van der Waals surface area contributed by atoms with Crippen molar-refractivity contribution >= 4 is 12.4 Å². The Balaban J connectivity index is 2.68.